The van der Waals surface area contributed by atoms with Gasteiger partial charge in [-0.05, 0) is 24.6 Å². The summed E-state index contributed by atoms with van der Waals surface area (Å²) in [5.74, 6) is 0. The zero-order valence-electron chi connectivity index (χ0n) is 9.43. The van der Waals surface area contributed by atoms with E-state index in [2.05, 4.69) is 66.4 Å². The monoisotopic (exact) mass is 209 g/mol. The number of rotatable bonds is 2. The van der Waals surface area contributed by atoms with Crippen molar-refractivity contribution in [3.63, 3.8) is 0 Å². The molecular formula is C15H15N. The maximum atomic E-state index is 2.42. The second-order valence-corrected chi connectivity index (χ2v) is 4.41. The molecule has 0 saturated carbocycles. The lowest BCUT2D eigenvalue weighted by Gasteiger charge is -2.05. The van der Waals surface area contributed by atoms with Crippen LogP contribution in [0.2, 0.25) is 0 Å². The lowest BCUT2D eigenvalue weighted by Crippen LogP contribution is -1.93. The van der Waals surface area contributed by atoms with Crippen molar-refractivity contribution in [2.45, 2.75) is 13.0 Å². The Labute approximate surface area is 96.3 Å². The van der Waals surface area contributed by atoms with Crippen LogP contribution < -0.4 is 4.90 Å². The van der Waals surface area contributed by atoms with Crippen molar-refractivity contribution >= 4 is 5.69 Å². The molecule has 2 aromatic carbocycles. The van der Waals surface area contributed by atoms with Crippen LogP contribution in [0.3, 0.4) is 0 Å². The largest absolute Gasteiger partial charge is 0.360 e. The molecule has 1 unspecified atom stereocenters. The zero-order chi connectivity index (χ0) is 11.0. The lowest BCUT2D eigenvalue weighted by atomic mass is 10.1. The van der Waals surface area contributed by atoms with E-state index < -0.39 is 0 Å². The highest BCUT2D eigenvalue weighted by Gasteiger charge is 2.35. The molecule has 0 aromatic heterocycles. The highest BCUT2D eigenvalue weighted by Crippen LogP contribution is 2.39. The highest BCUT2D eigenvalue weighted by atomic mass is 15.3. The van der Waals surface area contributed by atoms with Crippen molar-refractivity contribution in [3.8, 4) is 0 Å². The molecule has 80 valence electrons. The molecule has 1 atom stereocenters. The smallest absolute Gasteiger partial charge is 0.0718 e. The molecule has 1 saturated heterocycles. The van der Waals surface area contributed by atoms with Gasteiger partial charge in [-0.1, -0.05) is 48.0 Å². The van der Waals surface area contributed by atoms with Gasteiger partial charge >= 0.3 is 0 Å². The second kappa shape index (κ2) is 3.67. The molecule has 1 heteroatoms. The molecule has 16 heavy (non-hydrogen) atoms. The van der Waals surface area contributed by atoms with Crippen molar-refractivity contribution in [2.75, 3.05) is 11.4 Å². The van der Waals surface area contributed by atoms with Gasteiger partial charge in [-0.3, -0.25) is 0 Å². The average molecular weight is 209 g/mol. The Kier molecular flexibility index (Phi) is 2.17. The van der Waals surface area contributed by atoms with Crippen molar-refractivity contribution in [1.29, 1.82) is 0 Å². The van der Waals surface area contributed by atoms with Crippen molar-refractivity contribution in [3.05, 3.63) is 65.7 Å². The minimum atomic E-state index is 0.586. The summed E-state index contributed by atoms with van der Waals surface area (Å²) in [5, 5.41) is 0. The first-order chi connectivity index (χ1) is 7.84. The summed E-state index contributed by atoms with van der Waals surface area (Å²) in [7, 11) is 0. The molecule has 1 heterocycles. The van der Waals surface area contributed by atoms with Gasteiger partial charge in [0.2, 0.25) is 0 Å². The minimum Gasteiger partial charge on any atom is -0.360 e. The van der Waals surface area contributed by atoms with Gasteiger partial charge in [-0.25, -0.2) is 0 Å². The van der Waals surface area contributed by atoms with Gasteiger partial charge in [0.25, 0.3) is 0 Å². The number of anilines is 1. The molecule has 2 aromatic rings. The number of hydrogen-bond donors (Lipinski definition) is 0. The Morgan fingerprint density at radius 3 is 2.31 bits per heavy atom. The van der Waals surface area contributed by atoms with E-state index in [0.717, 1.165) is 6.54 Å². The van der Waals surface area contributed by atoms with Crippen LogP contribution in [0.25, 0.3) is 0 Å². The van der Waals surface area contributed by atoms with Crippen LogP contribution in [0.4, 0.5) is 5.69 Å². The fraction of sp³-hybridized carbons (Fsp3) is 0.200. The first-order valence-electron chi connectivity index (χ1n) is 5.73. The van der Waals surface area contributed by atoms with Crippen LogP contribution in [-0.2, 0) is 0 Å². The van der Waals surface area contributed by atoms with E-state index in [1.54, 1.807) is 0 Å². The fourth-order valence-corrected chi connectivity index (χ4v) is 2.12. The van der Waals surface area contributed by atoms with E-state index in [4.69, 9.17) is 0 Å². The second-order valence-electron chi connectivity index (χ2n) is 4.41. The van der Waals surface area contributed by atoms with Crippen LogP contribution in [0, 0.1) is 6.92 Å². The topological polar surface area (TPSA) is 3.01 Å². The van der Waals surface area contributed by atoms with Crippen LogP contribution in [0.15, 0.2) is 54.6 Å². The molecule has 1 nitrogen and oxygen atoms in total. The molecule has 1 aliphatic heterocycles. The third kappa shape index (κ3) is 1.69. The molecule has 1 aliphatic rings. The predicted molar refractivity (Wildman–Crippen MR) is 67.7 cm³/mol. The predicted octanol–water partition coefficient (Wildman–Crippen LogP) is 3.56. The Bertz CT molecular complexity index is 473. The summed E-state index contributed by atoms with van der Waals surface area (Å²) in [5.41, 5.74) is 4.08. The minimum absolute atomic E-state index is 0.586. The molecule has 0 spiro atoms. The van der Waals surface area contributed by atoms with Crippen LogP contribution in [0.5, 0.6) is 0 Å². The Morgan fingerprint density at radius 1 is 0.938 bits per heavy atom. The van der Waals surface area contributed by atoms with Crippen LogP contribution in [0.1, 0.15) is 17.2 Å². The van der Waals surface area contributed by atoms with Gasteiger partial charge in [-0.15, -0.1) is 0 Å². The van der Waals surface area contributed by atoms with Gasteiger partial charge in [0.15, 0.2) is 0 Å². The van der Waals surface area contributed by atoms with Gasteiger partial charge in [-0.2, -0.15) is 0 Å². The Morgan fingerprint density at radius 2 is 1.62 bits per heavy atom. The first kappa shape index (κ1) is 9.46. The Balaban J connectivity index is 1.79. The maximum Gasteiger partial charge on any atom is 0.0718 e. The normalized spacial score (nSPS) is 18.6. The third-order valence-corrected chi connectivity index (χ3v) is 3.16. The standard InChI is InChI=1S/C15H15N/c1-12-7-9-13(10-8-12)15-11-16(15)14-5-3-2-4-6-14/h2-10,15H,11H2,1H3. The first-order valence-corrected chi connectivity index (χ1v) is 5.73. The summed E-state index contributed by atoms with van der Waals surface area (Å²) in [6.07, 6.45) is 0. The molecule has 0 amide bonds. The maximum absolute atomic E-state index is 2.42. The van der Waals surface area contributed by atoms with E-state index in [-0.39, 0.29) is 0 Å². The number of aryl methyl sites for hydroxylation is 1. The van der Waals surface area contributed by atoms with Crippen molar-refractivity contribution in [1.82, 2.24) is 0 Å². The van der Waals surface area contributed by atoms with E-state index in [1.807, 2.05) is 0 Å². The summed E-state index contributed by atoms with van der Waals surface area (Å²) in [6.45, 7) is 3.28. The molecule has 0 aliphatic carbocycles. The Hall–Kier alpha value is -1.76. The fourth-order valence-electron chi connectivity index (χ4n) is 2.12. The molecule has 0 radical (unpaired) electrons. The number of para-hydroxylation sites is 1. The van der Waals surface area contributed by atoms with E-state index in [1.165, 1.54) is 16.8 Å². The summed E-state index contributed by atoms with van der Waals surface area (Å²) < 4.78 is 0. The molecule has 0 N–H and O–H groups in total. The van der Waals surface area contributed by atoms with Gasteiger partial charge in [0.1, 0.15) is 0 Å². The number of benzene rings is 2. The van der Waals surface area contributed by atoms with Gasteiger partial charge in [0, 0.05) is 12.2 Å². The lowest BCUT2D eigenvalue weighted by molar-refractivity contribution is 1.12. The molecule has 0 bridgehead atoms. The summed E-state index contributed by atoms with van der Waals surface area (Å²) in [4.78, 5) is 2.42. The average Bonchev–Trinajstić information content (AvgIpc) is 3.11. The van der Waals surface area contributed by atoms with Crippen molar-refractivity contribution in [2.24, 2.45) is 0 Å². The third-order valence-electron chi connectivity index (χ3n) is 3.16. The molecule has 3 rings (SSSR count). The summed E-state index contributed by atoms with van der Waals surface area (Å²) >= 11 is 0. The van der Waals surface area contributed by atoms with Gasteiger partial charge in [0.05, 0.1) is 6.04 Å². The van der Waals surface area contributed by atoms with E-state index in [9.17, 15) is 0 Å². The van der Waals surface area contributed by atoms with E-state index >= 15 is 0 Å². The highest BCUT2D eigenvalue weighted by molar-refractivity contribution is 5.56. The van der Waals surface area contributed by atoms with Crippen molar-refractivity contribution < 1.29 is 0 Å². The van der Waals surface area contributed by atoms with Crippen LogP contribution in [-0.4, -0.2) is 6.54 Å². The van der Waals surface area contributed by atoms with E-state index in [0.29, 0.717) is 6.04 Å². The quantitative estimate of drug-likeness (QED) is 0.683. The summed E-state index contributed by atoms with van der Waals surface area (Å²) in [6, 6.07) is 20.1. The number of hydrogen-bond acceptors (Lipinski definition) is 1. The van der Waals surface area contributed by atoms with Crippen LogP contribution >= 0.6 is 0 Å². The molecular weight excluding hydrogens is 194 g/mol. The molecule has 1 fully saturated rings. The SMILES string of the molecule is Cc1ccc(C2CN2c2ccccc2)cc1. The zero-order valence-corrected chi connectivity index (χ0v) is 9.43. The number of nitrogens with zero attached hydrogens (tertiary/aromatic N) is 1. The van der Waals surface area contributed by atoms with Gasteiger partial charge < -0.3 is 4.90 Å².